The van der Waals surface area contributed by atoms with Crippen LogP contribution in [0.2, 0.25) is 0 Å². The first-order chi connectivity index (χ1) is 13.8. The molecule has 2 fully saturated rings. The van der Waals surface area contributed by atoms with Gasteiger partial charge in [0.15, 0.2) is 5.65 Å². The molecule has 1 atom stereocenters. The topological polar surface area (TPSA) is 73.7 Å². The van der Waals surface area contributed by atoms with Crippen molar-refractivity contribution in [2.45, 2.75) is 65.5 Å². The normalized spacial score (nSPS) is 23.0. The van der Waals surface area contributed by atoms with E-state index in [4.69, 9.17) is 4.98 Å². The SMILES string of the molecule is CC(C)(C)C(=O)N1CCc2c(nc3cc(C4CCCN4CC4CC4)[nH]n3c2=O)C1. The maximum atomic E-state index is 13.1. The summed E-state index contributed by atoms with van der Waals surface area (Å²) in [5.41, 5.74) is 2.84. The number of carbonyl (C=O) groups is 1. The molecule has 1 saturated carbocycles. The lowest BCUT2D eigenvalue weighted by Gasteiger charge is -2.32. The van der Waals surface area contributed by atoms with Crippen LogP contribution in [0.3, 0.4) is 0 Å². The number of nitrogens with zero attached hydrogens (tertiary/aromatic N) is 4. The van der Waals surface area contributed by atoms with Gasteiger partial charge in [0.1, 0.15) is 0 Å². The molecule has 1 saturated heterocycles. The van der Waals surface area contributed by atoms with Crippen molar-refractivity contribution >= 4 is 11.6 Å². The highest BCUT2D eigenvalue weighted by molar-refractivity contribution is 5.81. The molecule has 7 heteroatoms. The van der Waals surface area contributed by atoms with Crippen molar-refractivity contribution in [3.63, 3.8) is 0 Å². The Hall–Kier alpha value is -2.15. The summed E-state index contributed by atoms with van der Waals surface area (Å²) in [4.78, 5) is 35.0. The molecular weight excluding hydrogens is 366 g/mol. The Morgan fingerprint density at radius 2 is 2.03 bits per heavy atom. The van der Waals surface area contributed by atoms with Crippen molar-refractivity contribution in [3.8, 4) is 0 Å². The number of nitrogens with one attached hydrogen (secondary N) is 1. The van der Waals surface area contributed by atoms with E-state index in [1.807, 2.05) is 31.7 Å². The lowest BCUT2D eigenvalue weighted by Crippen LogP contribution is -2.44. The van der Waals surface area contributed by atoms with E-state index in [1.165, 1.54) is 25.8 Å². The number of hydrogen-bond donors (Lipinski definition) is 1. The van der Waals surface area contributed by atoms with Crippen molar-refractivity contribution in [1.82, 2.24) is 24.4 Å². The quantitative estimate of drug-likeness (QED) is 0.864. The molecule has 0 bridgehead atoms. The molecule has 156 valence electrons. The van der Waals surface area contributed by atoms with Crippen LogP contribution in [0.1, 0.15) is 69.4 Å². The zero-order valence-electron chi connectivity index (χ0n) is 17.7. The highest BCUT2D eigenvalue weighted by atomic mass is 16.2. The fourth-order valence-corrected chi connectivity index (χ4v) is 4.86. The van der Waals surface area contributed by atoms with Gasteiger partial charge in [-0.25, -0.2) is 9.50 Å². The summed E-state index contributed by atoms with van der Waals surface area (Å²) in [5, 5.41) is 3.36. The maximum Gasteiger partial charge on any atom is 0.276 e. The largest absolute Gasteiger partial charge is 0.336 e. The lowest BCUT2D eigenvalue weighted by atomic mass is 9.93. The van der Waals surface area contributed by atoms with Gasteiger partial charge in [-0.1, -0.05) is 20.8 Å². The first-order valence-corrected chi connectivity index (χ1v) is 11.0. The number of H-pyrrole nitrogens is 1. The molecule has 0 aromatic carbocycles. The molecule has 3 aliphatic rings. The number of hydrogen-bond acceptors (Lipinski definition) is 4. The van der Waals surface area contributed by atoms with Crippen LogP contribution in [0.15, 0.2) is 10.9 Å². The summed E-state index contributed by atoms with van der Waals surface area (Å²) in [6.07, 6.45) is 5.61. The van der Waals surface area contributed by atoms with E-state index < -0.39 is 5.41 Å². The van der Waals surface area contributed by atoms with E-state index in [2.05, 4.69) is 10.00 Å². The Morgan fingerprint density at radius 1 is 1.24 bits per heavy atom. The molecule has 2 aromatic rings. The maximum absolute atomic E-state index is 13.1. The van der Waals surface area contributed by atoms with Crippen molar-refractivity contribution < 1.29 is 4.79 Å². The molecule has 1 unspecified atom stereocenters. The van der Waals surface area contributed by atoms with Crippen molar-refractivity contribution in [3.05, 3.63) is 33.4 Å². The number of aromatic amines is 1. The molecular formula is C22H31N5O2. The lowest BCUT2D eigenvalue weighted by molar-refractivity contribution is -0.140. The van der Waals surface area contributed by atoms with Gasteiger partial charge in [-0.2, -0.15) is 0 Å². The fourth-order valence-electron chi connectivity index (χ4n) is 4.86. The molecule has 7 nitrogen and oxygen atoms in total. The van der Waals surface area contributed by atoms with Gasteiger partial charge < -0.3 is 4.90 Å². The summed E-state index contributed by atoms with van der Waals surface area (Å²) in [7, 11) is 0. The van der Waals surface area contributed by atoms with Gasteiger partial charge in [0.25, 0.3) is 5.56 Å². The Kier molecular flexibility index (Phi) is 4.35. The second-order valence-corrected chi connectivity index (χ2v) is 10.1. The monoisotopic (exact) mass is 397 g/mol. The smallest absolute Gasteiger partial charge is 0.276 e. The summed E-state index contributed by atoms with van der Waals surface area (Å²) >= 11 is 0. The fraction of sp³-hybridized carbons (Fsp3) is 0.682. The number of fused-ring (bicyclic) bond motifs is 2. The number of aromatic nitrogens is 3. The Labute approximate surface area is 171 Å². The van der Waals surface area contributed by atoms with Crippen LogP contribution in [-0.2, 0) is 17.8 Å². The van der Waals surface area contributed by atoms with E-state index in [-0.39, 0.29) is 11.5 Å². The van der Waals surface area contributed by atoms with Gasteiger partial charge in [-0.3, -0.25) is 19.6 Å². The summed E-state index contributed by atoms with van der Waals surface area (Å²) in [5.74, 6) is 0.973. The van der Waals surface area contributed by atoms with Crippen molar-refractivity contribution in [2.75, 3.05) is 19.6 Å². The van der Waals surface area contributed by atoms with E-state index in [0.29, 0.717) is 31.2 Å². The van der Waals surface area contributed by atoms with Crippen LogP contribution in [0.4, 0.5) is 0 Å². The number of amides is 1. The molecule has 1 N–H and O–H groups in total. The van der Waals surface area contributed by atoms with Crippen molar-refractivity contribution in [2.24, 2.45) is 11.3 Å². The van der Waals surface area contributed by atoms with Crippen LogP contribution < -0.4 is 5.56 Å². The minimum atomic E-state index is -0.425. The standard InChI is InChI=1S/C22H31N5O2/c1-22(2,3)21(29)26-10-8-15-17(13-26)23-19-11-16(24-27(19)20(15)28)18-5-4-9-25(18)12-14-6-7-14/h11,14,18,24H,4-10,12-13H2,1-3H3. The Morgan fingerprint density at radius 3 is 2.76 bits per heavy atom. The highest BCUT2D eigenvalue weighted by Gasteiger charge is 2.34. The number of rotatable bonds is 3. The minimum absolute atomic E-state index is 0.00847. The minimum Gasteiger partial charge on any atom is -0.336 e. The zero-order valence-corrected chi connectivity index (χ0v) is 17.7. The predicted octanol–water partition coefficient (Wildman–Crippen LogP) is 2.50. The third-order valence-corrected chi connectivity index (χ3v) is 6.63. The molecule has 2 aromatic heterocycles. The van der Waals surface area contributed by atoms with Gasteiger partial charge in [-0.05, 0) is 44.6 Å². The molecule has 1 aliphatic carbocycles. The van der Waals surface area contributed by atoms with Crippen LogP contribution in [0, 0.1) is 11.3 Å². The van der Waals surface area contributed by atoms with Crippen molar-refractivity contribution in [1.29, 1.82) is 0 Å². The second-order valence-electron chi connectivity index (χ2n) is 10.1. The highest BCUT2D eigenvalue weighted by Crippen LogP contribution is 2.37. The number of carbonyl (C=O) groups excluding carboxylic acids is 1. The van der Waals surface area contributed by atoms with Gasteiger partial charge in [0.2, 0.25) is 5.91 Å². The summed E-state index contributed by atoms with van der Waals surface area (Å²) < 4.78 is 1.61. The molecule has 2 aliphatic heterocycles. The number of likely N-dealkylation sites (tertiary alicyclic amines) is 1. The van der Waals surface area contributed by atoms with Crippen LogP contribution >= 0.6 is 0 Å². The van der Waals surface area contributed by atoms with Crippen LogP contribution in [0.5, 0.6) is 0 Å². The van der Waals surface area contributed by atoms with Crippen LogP contribution in [-0.4, -0.2) is 49.9 Å². The van der Waals surface area contributed by atoms with Gasteiger partial charge in [-0.15, -0.1) is 0 Å². The summed E-state index contributed by atoms with van der Waals surface area (Å²) in [6, 6.07) is 2.40. The van der Waals surface area contributed by atoms with E-state index >= 15 is 0 Å². The Balaban J connectivity index is 1.46. The predicted molar refractivity (Wildman–Crippen MR) is 111 cm³/mol. The van der Waals surface area contributed by atoms with E-state index in [1.54, 1.807) is 4.52 Å². The average molecular weight is 398 g/mol. The molecule has 0 radical (unpaired) electrons. The molecule has 5 rings (SSSR count). The first-order valence-electron chi connectivity index (χ1n) is 11.0. The third-order valence-electron chi connectivity index (χ3n) is 6.63. The first kappa shape index (κ1) is 18.9. The van der Waals surface area contributed by atoms with Gasteiger partial charge >= 0.3 is 0 Å². The molecule has 0 spiro atoms. The molecule has 1 amide bonds. The van der Waals surface area contributed by atoms with Gasteiger partial charge in [0, 0.05) is 30.1 Å². The average Bonchev–Trinajstić information content (AvgIpc) is 3.19. The van der Waals surface area contributed by atoms with Crippen LogP contribution in [0.25, 0.3) is 5.65 Å². The zero-order chi connectivity index (χ0) is 20.3. The summed E-state index contributed by atoms with van der Waals surface area (Å²) in [6.45, 7) is 9.12. The van der Waals surface area contributed by atoms with E-state index in [0.717, 1.165) is 35.8 Å². The molecule has 29 heavy (non-hydrogen) atoms. The third kappa shape index (κ3) is 3.39. The Bertz CT molecular complexity index is 1010. The van der Waals surface area contributed by atoms with Gasteiger partial charge in [0.05, 0.1) is 24.0 Å². The van der Waals surface area contributed by atoms with E-state index in [9.17, 15) is 9.59 Å². The second kappa shape index (κ2) is 6.69. The molecule has 4 heterocycles.